The number of hydrogen-bond donors (Lipinski definition) is 1. The fourth-order valence-corrected chi connectivity index (χ4v) is 2.51. The maximum atomic E-state index is 13.5. The van der Waals surface area contributed by atoms with E-state index < -0.39 is 29.8 Å². The molecule has 2 rings (SSSR count). The fraction of sp³-hybridized carbons (Fsp3) is 0.538. The highest BCUT2D eigenvalue weighted by Gasteiger charge is 2.45. The highest BCUT2D eigenvalue weighted by Crippen LogP contribution is 2.35. The van der Waals surface area contributed by atoms with E-state index in [1.807, 2.05) is 0 Å². The number of rotatable bonds is 2. The Labute approximate surface area is 107 Å². The predicted molar refractivity (Wildman–Crippen MR) is 60.6 cm³/mol. The first-order valence-electron chi connectivity index (χ1n) is 6.12. The molecular formula is C13H14F5N. The molecule has 0 bridgehead atoms. The van der Waals surface area contributed by atoms with Gasteiger partial charge in [-0.15, -0.1) is 0 Å². The van der Waals surface area contributed by atoms with Crippen LogP contribution < -0.4 is 5.32 Å². The molecule has 106 valence electrons. The second kappa shape index (κ2) is 5.45. The van der Waals surface area contributed by atoms with Crippen molar-refractivity contribution in [2.45, 2.75) is 31.5 Å². The van der Waals surface area contributed by atoms with Crippen molar-refractivity contribution in [3.8, 4) is 0 Å². The second-order valence-corrected chi connectivity index (χ2v) is 4.76. The molecule has 2 atom stereocenters. The van der Waals surface area contributed by atoms with E-state index in [0.29, 0.717) is 13.0 Å². The highest BCUT2D eigenvalue weighted by atomic mass is 19.4. The summed E-state index contributed by atoms with van der Waals surface area (Å²) >= 11 is 0. The topological polar surface area (TPSA) is 12.0 Å². The number of nitrogens with one attached hydrogen (secondary N) is 1. The van der Waals surface area contributed by atoms with E-state index in [9.17, 15) is 22.0 Å². The van der Waals surface area contributed by atoms with Crippen LogP contribution in [0.25, 0.3) is 0 Å². The summed E-state index contributed by atoms with van der Waals surface area (Å²) in [6.45, 7) is 0.438. The van der Waals surface area contributed by atoms with Gasteiger partial charge in [-0.05, 0) is 37.9 Å². The van der Waals surface area contributed by atoms with E-state index in [1.165, 1.54) is 6.07 Å². The van der Waals surface area contributed by atoms with Crippen LogP contribution in [0.4, 0.5) is 22.0 Å². The van der Waals surface area contributed by atoms with Crippen molar-refractivity contribution in [1.82, 2.24) is 5.32 Å². The minimum Gasteiger partial charge on any atom is -0.313 e. The van der Waals surface area contributed by atoms with Gasteiger partial charge in [0.2, 0.25) is 0 Å². The van der Waals surface area contributed by atoms with Crippen molar-refractivity contribution in [3.63, 3.8) is 0 Å². The van der Waals surface area contributed by atoms with Crippen LogP contribution in [-0.4, -0.2) is 18.8 Å². The van der Waals surface area contributed by atoms with Crippen LogP contribution in [0.5, 0.6) is 0 Å². The van der Waals surface area contributed by atoms with Gasteiger partial charge < -0.3 is 5.32 Å². The van der Waals surface area contributed by atoms with Gasteiger partial charge in [0, 0.05) is 11.6 Å². The highest BCUT2D eigenvalue weighted by molar-refractivity contribution is 5.21. The largest absolute Gasteiger partial charge is 0.393 e. The lowest BCUT2D eigenvalue weighted by Crippen LogP contribution is -2.49. The Balaban J connectivity index is 2.20. The standard InChI is InChI=1S/C13H14F5N/c14-10-4-1-5-11(15)8(10)7-12-9(13(16,17)18)3-2-6-19-12/h1,4-5,9,12,19H,2-3,6-7H2. The lowest BCUT2D eigenvalue weighted by molar-refractivity contribution is -0.188. The molecule has 1 N–H and O–H groups in total. The zero-order valence-corrected chi connectivity index (χ0v) is 10.1. The third-order valence-corrected chi connectivity index (χ3v) is 3.49. The third kappa shape index (κ3) is 3.23. The molecule has 19 heavy (non-hydrogen) atoms. The quantitative estimate of drug-likeness (QED) is 0.818. The maximum Gasteiger partial charge on any atom is 0.393 e. The molecule has 6 heteroatoms. The van der Waals surface area contributed by atoms with E-state index >= 15 is 0 Å². The monoisotopic (exact) mass is 279 g/mol. The molecule has 1 saturated heterocycles. The van der Waals surface area contributed by atoms with Crippen molar-refractivity contribution >= 4 is 0 Å². The Morgan fingerprint density at radius 2 is 1.79 bits per heavy atom. The maximum absolute atomic E-state index is 13.5. The van der Waals surface area contributed by atoms with Gasteiger partial charge in [0.05, 0.1) is 5.92 Å². The first kappa shape index (κ1) is 14.2. The Kier molecular flexibility index (Phi) is 4.08. The SMILES string of the molecule is Fc1cccc(F)c1CC1NCCCC1C(F)(F)F. The normalized spacial score (nSPS) is 24.5. The molecule has 1 aromatic rings. The van der Waals surface area contributed by atoms with Crippen LogP contribution in [0.3, 0.4) is 0 Å². The summed E-state index contributed by atoms with van der Waals surface area (Å²) in [7, 11) is 0. The molecule has 0 saturated carbocycles. The van der Waals surface area contributed by atoms with E-state index in [0.717, 1.165) is 12.1 Å². The van der Waals surface area contributed by atoms with E-state index in [4.69, 9.17) is 0 Å². The van der Waals surface area contributed by atoms with Crippen LogP contribution in [0.1, 0.15) is 18.4 Å². The molecule has 1 aliphatic rings. The second-order valence-electron chi connectivity index (χ2n) is 4.76. The van der Waals surface area contributed by atoms with E-state index in [1.54, 1.807) is 0 Å². The minimum atomic E-state index is -4.35. The van der Waals surface area contributed by atoms with Crippen LogP contribution in [-0.2, 0) is 6.42 Å². The average Bonchev–Trinajstić information content (AvgIpc) is 2.33. The molecule has 1 aliphatic heterocycles. The molecule has 0 spiro atoms. The Morgan fingerprint density at radius 3 is 2.37 bits per heavy atom. The van der Waals surface area contributed by atoms with Gasteiger partial charge in [0.1, 0.15) is 11.6 Å². The fourth-order valence-electron chi connectivity index (χ4n) is 2.51. The molecule has 2 unspecified atom stereocenters. The lowest BCUT2D eigenvalue weighted by Gasteiger charge is -2.34. The Hall–Kier alpha value is -1.17. The molecule has 1 aromatic carbocycles. The number of hydrogen-bond acceptors (Lipinski definition) is 1. The summed E-state index contributed by atoms with van der Waals surface area (Å²) in [6.07, 6.45) is -4.22. The number of alkyl halides is 3. The summed E-state index contributed by atoms with van der Waals surface area (Å²) in [6, 6.07) is 2.34. The van der Waals surface area contributed by atoms with Crippen molar-refractivity contribution in [1.29, 1.82) is 0 Å². The summed E-state index contributed by atoms with van der Waals surface area (Å²) < 4.78 is 65.6. The van der Waals surface area contributed by atoms with Gasteiger partial charge in [0.25, 0.3) is 0 Å². The first-order chi connectivity index (χ1) is 8.89. The van der Waals surface area contributed by atoms with E-state index in [-0.39, 0.29) is 18.4 Å². The summed E-state index contributed by atoms with van der Waals surface area (Å²) in [4.78, 5) is 0. The lowest BCUT2D eigenvalue weighted by atomic mass is 9.86. The summed E-state index contributed by atoms with van der Waals surface area (Å²) in [5.41, 5.74) is -0.281. The average molecular weight is 279 g/mol. The molecule has 0 aliphatic carbocycles. The molecule has 1 heterocycles. The molecule has 1 fully saturated rings. The smallest absolute Gasteiger partial charge is 0.313 e. The van der Waals surface area contributed by atoms with Gasteiger partial charge in [-0.1, -0.05) is 6.07 Å². The van der Waals surface area contributed by atoms with Crippen LogP contribution in [0.15, 0.2) is 18.2 Å². The van der Waals surface area contributed by atoms with Crippen LogP contribution in [0, 0.1) is 17.6 Å². The first-order valence-corrected chi connectivity index (χ1v) is 6.12. The van der Waals surface area contributed by atoms with Crippen molar-refractivity contribution < 1.29 is 22.0 Å². The minimum absolute atomic E-state index is 0.00274. The molecule has 0 aromatic heterocycles. The molecule has 0 amide bonds. The number of benzene rings is 1. The molecule has 0 radical (unpaired) electrons. The molecular weight excluding hydrogens is 265 g/mol. The van der Waals surface area contributed by atoms with Gasteiger partial charge in [-0.2, -0.15) is 13.2 Å². The predicted octanol–water partition coefficient (Wildman–Crippen LogP) is 3.44. The summed E-state index contributed by atoms with van der Waals surface area (Å²) in [5, 5.41) is 2.73. The number of halogens is 5. The Morgan fingerprint density at radius 1 is 1.16 bits per heavy atom. The van der Waals surface area contributed by atoms with Gasteiger partial charge >= 0.3 is 6.18 Å². The van der Waals surface area contributed by atoms with E-state index in [2.05, 4.69) is 5.32 Å². The molecule has 1 nitrogen and oxygen atoms in total. The zero-order chi connectivity index (χ0) is 14.0. The zero-order valence-electron chi connectivity index (χ0n) is 10.1. The number of piperidine rings is 1. The summed E-state index contributed by atoms with van der Waals surface area (Å²) in [5.74, 6) is -3.15. The van der Waals surface area contributed by atoms with Gasteiger partial charge in [0.15, 0.2) is 0 Å². The third-order valence-electron chi connectivity index (χ3n) is 3.49. The van der Waals surface area contributed by atoms with Crippen molar-refractivity contribution in [2.75, 3.05) is 6.54 Å². The van der Waals surface area contributed by atoms with Gasteiger partial charge in [-0.25, -0.2) is 8.78 Å². The Bertz CT molecular complexity index is 423. The van der Waals surface area contributed by atoms with Crippen LogP contribution in [0.2, 0.25) is 0 Å². The van der Waals surface area contributed by atoms with Crippen LogP contribution >= 0.6 is 0 Å². The van der Waals surface area contributed by atoms with Gasteiger partial charge in [-0.3, -0.25) is 0 Å². The van der Waals surface area contributed by atoms with Crippen molar-refractivity contribution in [3.05, 3.63) is 35.4 Å². The van der Waals surface area contributed by atoms with Crippen molar-refractivity contribution in [2.24, 2.45) is 5.92 Å².